The number of rotatable bonds is 5. The minimum Gasteiger partial charge on any atom is -0.351 e. The molecule has 1 aliphatic heterocycles. The molecule has 1 fully saturated rings. The van der Waals surface area contributed by atoms with E-state index in [1.165, 1.54) is 18.6 Å². The van der Waals surface area contributed by atoms with Gasteiger partial charge in [0.15, 0.2) is 0 Å². The van der Waals surface area contributed by atoms with Gasteiger partial charge in [-0.15, -0.1) is 0 Å². The minimum atomic E-state index is -0.677. The van der Waals surface area contributed by atoms with E-state index in [1.807, 2.05) is 0 Å². The van der Waals surface area contributed by atoms with E-state index < -0.39 is 17.7 Å². The van der Waals surface area contributed by atoms with Gasteiger partial charge < -0.3 is 15.5 Å². The fourth-order valence-corrected chi connectivity index (χ4v) is 3.11. The average molecular weight is 389 g/mol. The van der Waals surface area contributed by atoms with Crippen molar-refractivity contribution in [1.82, 2.24) is 20.2 Å². The first-order valence-corrected chi connectivity index (χ1v) is 9.08. The van der Waals surface area contributed by atoms with Crippen LogP contribution in [0.1, 0.15) is 29.8 Å². The summed E-state index contributed by atoms with van der Waals surface area (Å²) in [6, 6.07) is 2.49. The molecule has 148 valence electrons. The number of halogens is 2. The normalized spacial score (nSPS) is 14.6. The van der Waals surface area contributed by atoms with E-state index in [-0.39, 0.29) is 17.3 Å². The van der Waals surface area contributed by atoms with Crippen LogP contribution in [0.15, 0.2) is 36.8 Å². The number of anilines is 1. The van der Waals surface area contributed by atoms with Crippen LogP contribution >= 0.6 is 0 Å². The molecule has 2 heterocycles. The number of urea groups is 1. The van der Waals surface area contributed by atoms with Gasteiger partial charge >= 0.3 is 6.03 Å². The first-order chi connectivity index (χ1) is 13.5. The zero-order valence-electron chi connectivity index (χ0n) is 15.2. The summed E-state index contributed by atoms with van der Waals surface area (Å²) >= 11 is 0. The van der Waals surface area contributed by atoms with E-state index in [0.717, 1.165) is 37.5 Å². The highest BCUT2D eigenvalue weighted by molar-refractivity contribution is 5.91. The largest absolute Gasteiger partial charge is 0.351 e. The molecule has 3 rings (SSSR count). The molecule has 1 saturated heterocycles. The number of benzene rings is 1. The van der Waals surface area contributed by atoms with E-state index in [1.54, 1.807) is 4.90 Å². The number of nitrogens with zero attached hydrogens (tertiary/aromatic N) is 3. The van der Waals surface area contributed by atoms with Gasteiger partial charge in [0.25, 0.3) is 5.91 Å². The van der Waals surface area contributed by atoms with Crippen molar-refractivity contribution in [2.24, 2.45) is 5.92 Å². The van der Waals surface area contributed by atoms with Crippen molar-refractivity contribution in [3.8, 4) is 0 Å². The third kappa shape index (κ3) is 5.21. The van der Waals surface area contributed by atoms with Crippen LogP contribution in [0.25, 0.3) is 0 Å². The number of hydrogen-bond acceptors (Lipinski definition) is 4. The van der Waals surface area contributed by atoms with Gasteiger partial charge in [0, 0.05) is 38.1 Å². The monoisotopic (exact) mass is 389 g/mol. The predicted octanol–water partition coefficient (Wildman–Crippen LogP) is 2.82. The Balaban J connectivity index is 1.40. The van der Waals surface area contributed by atoms with Gasteiger partial charge in [-0.3, -0.25) is 9.78 Å². The summed E-state index contributed by atoms with van der Waals surface area (Å²) in [4.78, 5) is 33.6. The number of aromatic nitrogens is 2. The average Bonchev–Trinajstić information content (AvgIpc) is 2.71. The van der Waals surface area contributed by atoms with Crippen molar-refractivity contribution in [1.29, 1.82) is 0 Å². The summed E-state index contributed by atoms with van der Waals surface area (Å²) in [5.41, 5.74) is 0.109. The van der Waals surface area contributed by atoms with Crippen LogP contribution in [0.2, 0.25) is 0 Å². The predicted molar refractivity (Wildman–Crippen MR) is 98.7 cm³/mol. The number of carbonyl (C=O) groups is 2. The second kappa shape index (κ2) is 9.20. The summed E-state index contributed by atoms with van der Waals surface area (Å²) in [6.07, 6.45) is 6.72. The number of piperidine rings is 1. The number of amides is 3. The van der Waals surface area contributed by atoms with Crippen LogP contribution in [0.5, 0.6) is 0 Å². The van der Waals surface area contributed by atoms with Crippen molar-refractivity contribution in [3.63, 3.8) is 0 Å². The summed E-state index contributed by atoms with van der Waals surface area (Å²) in [6.45, 7) is 1.55. The number of hydrogen-bond donors (Lipinski definition) is 2. The summed E-state index contributed by atoms with van der Waals surface area (Å²) < 4.78 is 26.8. The molecular weight excluding hydrogens is 368 g/mol. The van der Waals surface area contributed by atoms with Crippen LogP contribution in [0.3, 0.4) is 0 Å². The molecule has 0 radical (unpaired) electrons. The van der Waals surface area contributed by atoms with Gasteiger partial charge in [-0.1, -0.05) is 0 Å². The topological polar surface area (TPSA) is 87.2 Å². The number of nitrogens with one attached hydrogen (secondary N) is 2. The Hall–Kier alpha value is -3.10. The van der Waals surface area contributed by atoms with Crippen molar-refractivity contribution in [3.05, 3.63) is 54.1 Å². The quantitative estimate of drug-likeness (QED) is 0.823. The van der Waals surface area contributed by atoms with E-state index in [0.29, 0.717) is 25.6 Å². The molecule has 0 bridgehead atoms. The summed E-state index contributed by atoms with van der Waals surface area (Å²) in [5, 5.41) is 5.23. The Kier molecular flexibility index (Phi) is 6.46. The first-order valence-electron chi connectivity index (χ1n) is 9.08. The zero-order chi connectivity index (χ0) is 19.9. The SMILES string of the molecule is O=C(NCCC1CCN(C(=O)Nc2cc(F)ccc2F)CC1)c1cnccn1. The van der Waals surface area contributed by atoms with Gasteiger partial charge in [0.05, 0.1) is 11.9 Å². The maximum Gasteiger partial charge on any atom is 0.321 e. The molecule has 7 nitrogen and oxygen atoms in total. The molecule has 0 unspecified atom stereocenters. The molecule has 2 aromatic rings. The molecule has 3 amide bonds. The molecule has 28 heavy (non-hydrogen) atoms. The Morgan fingerprint density at radius 2 is 1.96 bits per heavy atom. The highest BCUT2D eigenvalue weighted by Gasteiger charge is 2.23. The number of carbonyl (C=O) groups excluding carboxylic acids is 2. The van der Waals surface area contributed by atoms with Crippen LogP contribution in [-0.2, 0) is 0 Å². The molecule has 1 aliphatic rings. The molecule has 9 heteroatoms. The van der Waals surface area contributed by atoms with E-state index >= 15 is 0 Å². The Morgan fingerprint density at radius 3 is 2.68 bits per heavy atom. The van der Waals surface area contributed by atoms with Crippen molar-refractivity contribution >= 4 is 17.6 Å². The first kappa shape index (κ1) is 19.7. The van der Waals surface area contributed by atoms with E-state index in [4.69, 9.17) is 0 Å². The summed E-state index contributed by atoms with van der Waals surface area (Å²) in [7, 11) is 0. The summed E-state index contributed by atoms with van der Waals surface area (Å²) in [5.74, 6) is -1.18. The minimum absolute atomic E-state index is 0.168. The highest BCUT2D eigenvalue weighted by atomic mass is 19.1. The molecule has 0 atom stereocenters. The van der Waals surface area contributed by atoms with Crippen molar-refractivity contribution in [2.75, 3.05) is 25.0 Å². The Bertz CT molecular complexity index is 826. The smallest absolute Gasteiger partial charge is 0.321 e. The fourth-order valence-electron chi connectivity index (χ4n) is 3.11. The Labute approximate surface area is 161 Å². The van der Waals surface area contributed by atoms with Gasteiger partial charge in [-0.25, -0.2) is 18.6 Å². The number of likely N-dealkylation sites (tertiary alicyclic amines) is 1. The second-order valence-electron chi connectivity index (χ2n) is 6.62. The van der Waals surface area contributed by atoms with Gasteiger partial charge in [-0.05, 0) is 37.3 Å². The Morgan fingerprint density at radius 1 is 1.18 bits per heavy atom. The molecule has 0 aliphatic carbocycles. The van der Waals surface area contributed by atoms with Crippen LogP contribution in [-0.4, -0.2) is 46.4 Å². The standard InChI is InChI=1S/C19H21F2N5O2/c20-14-1-2-15(21)16(11-14)25-19(28)26-9-4-13(5-10-26)3-6-24-18(27)17-12-22-7-8-23-17/h1-2,7-8,11-13H,3-6,9-10H2,(H,24,27)(H,25,28). The lowest BCUT2D eigenvalue weighted by Crippen LogP contribution is -2.41. The molecular formula is C19H21F2N5O2. The van der Waals surface area contributed by atoms with Gasteiger partial charge in [0.2, 0.25) is 0 Å². The van der Waals surface area contributed by atoms with E-state index in [2.05, 4.69) is 20.6 Å². The van der Waals surface area contributed by atoms with Crippen LogP contribution in [0, 0.1) is 17.6 Å². The lowest BCUT2D eigenvalue weighted by molar-refractivity contribution is 0.0944. The van der Waals surface area contributed by atoms with Crippen LogP contribution in [0.4, 0.5) is 19.3 Å². The van der Waals surface area contributed by atoms with Gasteiger partial charge in [-0.2, -0.15) is 0 Å². The fraction of sp³-hybridized carbons (Fsp3) is 0.368. The second-order valence-corrected chi connectivity index (χ2v) is 6.62. The molecule has 1 aromatic heterocycles. The van der Waals surface area contributed by atoms with Crippen molar-refractivity contribution in [2.45, 2.75) is 19.3 Å². The molecule has 1 aromatic carbocycles. The highest BCUT2D eigenvalue weighted by Crippen LogP contribution is 2.22. The van der Waals surface area contributed by atoms with Crippen molar-refractivity contribution < 1.29 is 18.4 Å². The van der Waals surface area contributed by atoms with Crippen LogP contribution < -0.4 is 10.6 Å². The lowest BCUT2D eigenvalue weighted by Gasteiger charge is -2.32. The maximum atomic E-state index is 13.6. The maximum absolute atomic E-state index is 13.6. The van der Waals surface area contributed by atoms with Gasteiger partial charge in [0.1, 0.15) is 17.3 Å². The molecule has 0 saturated carbocycles. The third-order valence-corrected chi connectivity index (χ3v) is 4.71. The lowest BCUT2D eigenvalue weighted by atomic mass is 9.93. The van der Waals surface area contributed by atoms with E-state index in [9.17, 15) is 18.4 Å². The zero-order valence-corrected chi connectivity index (χ0v) is 15.2. The third-order valence-electron chi connectivity index (χ3n) is 4.71. The molecule has 0 spiro atoms. The molecule has 2 N–H and O–H groups in total.